The number of nitrogens with zero attached hydrogens (tertiary/aromatic N) is 4. The lowest BCUT2D eigenvalue weighted by atomic mass is 10.3. The van der Waals surface area contributed by atoms with E-state index < -0.39 is 0 Å². The summed E-state index contributed by atoms with van der Waals surface area (Å²) in [5.74, 6) is 0.631. The zero-order chi connectivity index (χ0) is 15.7. The van der Waals surface area contributed by atoms with Gasteiger partial charge in [0.05, 0.1) is 13.2 Å². The molecule has 0 spiro atoms. The van der Waals surface area contributed by atoms with Crippen molar-refractivity contribution in [3.05, 3.63) is 20.8 Å². The Morgan fingerprint density at radius 1 is 1.27 bits per heavy atom. The zero-order valence-corrected chi connectivity index (χ0v) is 13.0. The first-order chi connectivity index (χ1) is 10.6. The van der Waals surface area contributed by atoms with Crippen LogP contribution in [-0.2, 0) is 18.3 Å². The lowest BCUT2D eigenvalue weighted by molar-refractivity contribution is 0.122. The number of nitrogens with one attached hydrogen (secondary N) is 1. The average Bonchev–Trinajstić information content (AvgIpc) is 2.99. The second-order valence-electron chi connectivity index (χ2n) is 5.51. The molecule has 0 radical (unpaired) electrons. The molecule has 120 valence electrons. The molecule has 0 amide bonds. The van der Waals surface area contributed by atoms with Crippen molar-refractivity contribution in [3.63, 3.8) is 0 Å². The SMILES string of the molecule is CCCCn1c(=O)n(C)c(=O)c2[nH]c(N3CCOCC3)nc21. The first-order valence-corrected chi connectivity index (χ1v) is 7.65. The summed E-state index contributed by atoms with van der Waals surface area (Å²) in [6, 6.07) is 0. The number of anilines is 1. The fourth-order valence-electron chi connectivity index (χ4n) is 2.67. The van der Waals surface area contributed by atoms with Crippen LogP contribution in [0.1, 0.15) is 19.8 Å². The highest BCUT2D eigenvalue weighted by Gasteiger charge is 2.19. The normalized spacial score (nSPS) is 15.6. The lowest BCUT2D eigenvalue weighted by Gasteiger charge is -2.25. The number of aryl methyl sites for hydroxylation is 1. The standard InChI is InChI=1S/C14H21N5O3/c1-3-4-5-19-11-10(12(20)17(2)14(19)21)15-13(16-11)18-6-8-22-9-7-18/h3-9H2,1-2H3,(H,15,16). The van der Waals surface area contributed by atoms with Crippen LogP contribution in [0.4, 0.5) is 5.95 Å². The van der Waals surface area contributed by atoms with Gasteiger partial charge in [-0.25, -0.2) is 4.79 Å². The quantitative estimate of drug-likeness (QED) is 0.863. The van der Waals surface area contributed by atoms with Crippen molar-refractivity contribution in [2.45, 2.75) is 26.3 Å². The Hall–Kier alpha value is -2.09. The molecule has 0 atom stereocenters. The Balaban J connectivity index is 2.14. The van der Waals surface area contributed by atoms with Crippen LogP contribution >= 0.6 is 0 Å². The molecule has 0 bridgehead atoms. The van der Waals surface area contributed by atoms with Crippen LogP contribution in [0.3, 0.4) is 0 Å². The van der Waals surface area contributed by atoms with E-state index in [1.54, 1.807) is 4.57 Å². The molecule has 0 saturated carbocycles. The van der Waals surface area contributed by atoms with Crippen LogP contribution in [0.5, 0.6) is 0 Å². The minimum Gasteiger partial charge on any atom is -0.378 e. The molecule has 0 unspecified atom stereocenters. The molecular formula is C14H21N5O3. The van der Waals surface area contributed by atoms with Gasteiger partial charge in [-0.15, -0.1) is 0 Å². The van der Waals surface area contributed by atoms with Crippen LogP contribution in [0.2, 0.25) is 0 Å². The number of imidazole rings is 1. The summed E-state index contributed by atoms with van der Waals surface area (Å²) < 4.78 is 8.05. The summed E-state index contributed by atoms with van der Waals surface area (Å²) in [6.45, 7) is 5.34. The van der Waals surface area contributed by atoms with Gasteiger partial charge < -0.3 is 14.6 Å². The molecule has 3 heterocycles. The first-order valence-electron chi connectivity index (χ1n) is 7.65. The van der Waals surface area contributed by atoms with E-state index in [1.807, 2.05) is 4.90 Å². The molecule has 1 saturated heterocycles. The van der Waals surface area contributed by atoms with Gasteiger partial charge in [-0.3, -0.25) is 13.9 Å². The summed E-state index contributed by atoms with van der Waals surface area (Å²) in [5, 5.41) is 0. The highest BCUT2D eigenvalue weighted by atomic mass is 16.5. The molecule has 8 heteroatoms. The second-order valence-corrected chi connectivity index (χ2v) is 5.51. The van der Waals surface area contributed by atoms with E-state index in [0.29, 0.717) is 36.9 Å². The average molecular weight is 307 g/mol. The Morgan fingerprint density at radius 3 is 2.68 bits per heavy atom. The molecule has 0 aliphatic carbocycles. The van der Waals surface area contributed by atoms with Crippen molar-refractivity contribution < 1.29 is 4.74 Å². The molecule has 1 aliphatic rings. The van der Waals surface area contributed by atoms with Gasteiger partial charge in [0.1, 0.15) is 0 Å². The van der Waals surface area contributed by atoms with Gasteiger partial charge in [0.25, 0.3) is 5.56 Å². The number of fused-ring (bicyclic) bond motifs is 1. The van der Waals surface area contributed by atoms with Crippen LogP contribution in [-0.4, -0.2) is 45.4 Å². The zero-order valence-electron chi connectivity index (χ0n) is 13.0. The predicted octanol–water partition coefficient (Wildman–Crippen LogP) is 0.0600. The number of unbranched alkanes of at least 4 members (excludes halogenated alkanes) is 1. The number of H-pyrrole nitrogens is 1. The molecule has 2 aromatic heterocycles. The maximum Gasteiger partial charge on any atom is 0.332 e. The van der Waals surface area contributed by atoms with Gasteiger partial charge in [0.15, 0.2) is 11.2 Å². The topological polar surface area (TPSA) is 85.2 Å². The van der Waals surface area contributed by atoms with Gasteiger partial charge in [0.2, 0.25) is 5.95 Å². The summed E-state index contributed by atoms with van der Waals surface area (Å²) in [5.41, 5.74) is 0.188. The third-order valence-corrected chi connectivity index (χ3v) is 4.01. The van der Waals surface area contributed by atoms with Crippen molar-refractivity contribution in [1.82, 2.24) is 19.1 Å². The van der Waals surface area contributed by atoms with Gasteiger partial charge in [-0.05, 0) is 6.42 Å². The van der Waals surface area contributed by atoms with Crippen LogP contribution < -0.4 is 16.1 Å². The maximum atomic E-state index is 12.3. The highest BCUT2D eigenvalue weighted by Crippen LogP contribution is 2.15. The molecule has 1 fully saturated rings. The summed E-state index contributed by atoms with van der Waals surface area (Å²) in [4.78, 5) is 34.3. The monoisotopic (exact) mass is 307 g/mol. The Morgan fingerprint density at radius 2 is 2.00 bits per heavy atom. The van der Waals surface area contributed by atoms with Crippen molar-refractivity contribution in [1.29, 1.82) is 0 Å². The fourth-order valence-corrected chi connectivity index (χ4v) is 2.67. The minimum absolute atomic E-state index is 0.314. The first kappa shape index (κ1) is 14.8. The predicted molar refractivity (Wildman–Crippen MR) is 83.5 cm³/mol. The number of ether oxygens (including phenoxy) is 1. The van der Waals surface area contributed by atoms with Gasteiger partial charge in [-0.1, -0.05) is 13.3 Å². The van der Waals surface area contributed by atoms with E-state index >= 15 is 0 Å². The van der Waals surface area contributed by atoms with Crippen LogP contribution in [0, 0.1) is 0 Å². The van der Waals surface area contributed by atoms with E-state index in [4.69, 9.17) is 4.74 Å². The Labute approximate surface area is 127 Å². The third kappa shape index (κ3) is 2.43. The highest BCUT2D eigenvalue weighted by molar-refractivity contribution is 5.73. The maximum absolute atomic E-state index is 12.3. The van der Waals surface area contributed by atoms with Crippen molar-refractivity contribution >= 4 is 17.1 Å². The largest absolute Gasteiger partial charge is 0.378 e. The molecular weight excluding hydrogens is 286 g/mol. The number of hydrogen-bond acceptors (Lipinski definition) is 5. The van der Waals surface area contributed by atoms with Crippen LogP contribution in [0.15, 0.2) is 9.59 Å². The van der Waals surface area contributed by atoms with Crippen molar-refractivity contribution in [2.24, 2.45) is 7.05 Å². The molecule has 1 aliphatic heterocycles. The minimum atomic E-state index is -0.334. The van der Waals surface area contributed by atoms with Crippen molar-refractivity contribution in [2.75, 3.05) is 31.2 Å². The number of aromatic amines is 1. The molecule has 0 aromatic carbocycles. The number of hydrogen-bond donors (Lipinski definition) is 1. The number of aromatic nitrogens is 4. The molecule has 3 rings (SSSR count). The molecule has 2 aromatic rings. The Bertz CT molecular complexity index is 782. The van der Waals surface area contributed by atoms with E-state index in [0.717, 1.165) is 30.5 Å². The van der Waals surface area contributed by atoms with E-state index in [-0.39, 0.29) is 11.2 Å². The number of rotatable bonds is 4. The molecule has 8 nitrogen and oxygen atoms in total. The Kier molecular flexibility index (Phi) is 4.02. The summed E-state index contributed by atoms with van der Waals surface area (Å²) >= 11 is 0. The summed E-state index contributed by atoms with van der Waals surface area (Å²) in [7, 11) is 1.50. The van der Waals surface area contributed by atoms with E-state index in [1.165, 1.54) is 7.05 Å². The fraction of sp³-hybridized carbons (Fsp3) is 0.643. The number of morpholine rings is 1. The summed E-state index contributed by atoms with van der Waals surface area (Å²) in [6.07, 6.45) is 1.84. The van der Waals surface area contributed by atoms with Gasteiger partial charge >= 0.3 is 5.69 Å². The van der Waals surface area contributed by atoms with Crippen LogP contribution in [0.25, 0.3) is 11.2 Å². The smallest absolute Gasteiger partial charge is 0.332 e. The van der Waals surface area contributed by atoms with Crippen molar-refractivity contribution in [3.8, 4) is 0 Å². The lowest BCUT2D eigenvalue weighted by Crippen LogP contribution is -2.38. The molecule has 1 N–H and O–H groups in total. The van der Waals surface area contributed by atoms with Gasteiger partial charge in [0, 0.05) is 26.7 Å². The third-order valence-electron chi connectivity index (χ3n) is 4.01. The molecule has 22 heavy (non-hydrogen) atoms. The van der Waals surface area contributed by atoms with Gasteiger partial charge in [-0.2, -0.15) is 4.98 Å². The van der Waals surface area contributed by atoms with E-state index in [9.17, 15) is 9.59 Å². The van der Waals surface area contributed by atoms with E-state index in [2.05, 4.69) is 16.9 Å². The second kappa shape index (κ2) is 5.96.